The summed E-state index contributed by atoms with van der Waals surface area (Å²) in [4.78, 5) is 11.9. The summed E-state index contributed by atoms with van der Waals surface area (Å²) in [6.45, 7) is 0.196. The Morgan fingerprint density at radius 1 is 1.08 bits per heavy atom. The van der Waals surface area contributed by atoms with Gasteiger partial charge in [0.1, 0.15) is 16.6 Å². The zero-order valence-corrected chi connectivity index (χ0v) is 13.4. The summed E-state index contributed by atoms with van der Waals surface area (Å²) in [5, 5.41) is 11.9. The van der Waals surface area contributed by atoms with E-state index in [2.05, 4.69) is 15.5 Å². The smallest absolute Gasteiger partial charge is 0.229 e. The van der Waals surface area contributed by atoms with Crippen LogP contribution in [0.15, 0.2) is 54.6 Å². The molecule has 122 valence electrons. The van der Waals surface area contributed by atoms with Crippen LogP contribution in [0.3, 0.4) is 0 Å². The molecule has 0 atom stereocenters. The van der Waals surface area contributed by atoms with E-state index in [1.54, 1.807) is 0 Å². The zero-order chi connectivity index (χ0) is 16.8. The van der Waals surface area contributed by atoms with Crippen LogP contribution in [0.1, 0.15) is 6.42 Å². The van der Waals surface area contributed by atoms with Gasteiger partial charge in [-0.1, -0.05) is 41.7 Å². The molecule has 0 aliphatic carbocycles. The lowest BCUT2D eigenvalue weighted by atomic mass is 10.2. The molecule has 5 nitrogen and oxygen atoms in total. The molecule has 2 aromatic carbocycles. The number of carbonyl (C=O) groups excluding carboxylic acids is 1. The zero-order valence-electron chi connectivity index (χ0n) is 12.6. The van der Waals surface area contributed by atoms with Crippen molar-refractivity contribution in [3.8, 4) is 16.3 Å². The normalized spacial score (nSPS) is 10.4. The fraction of sp³-hybridized carbons (Fsp3) is 0.118. The second kappa shape index (κ2) is 7.65. The standard InChI is InChI=1S/C17H14FN3O2S/c18-13-6-8-14(9-7-13)23-11-10-15(22)19-17-21-20-16(24-17)12-4-2-1-3-5-12/h1-9H,10-11H2,(H,19,21,22). The summed E-state index contributed by atoms with van der Waals surface area (Å²) in [7, 11) is 0. The van der Waals surface area contributed by atoms with Crippen molar-refractivity contribution in [2.45, 2.75) is 6.42 Å². The maximum absolute atomic E-state index is 12.8. The van der Waals surface area contributed by atoms with Gasteiger partial charge in [0, 0.05) is 5.56 Å². The Balaban J connectivity index is 1.48. The molecule has 1 amide bonds. The van der Waals surface area contributed by atoms with Crippen LogP contribution in [0.4, 0.5) is 9.52 Å². The van der Waals surface area contributed by atoms with Crippen LogP contribution < -0.4 is 10.1 Å². The van der Waals surface area contributed by atoms with Crippen LogP contribution >= 0.6 is 11.3 Å². The van der Waals surface area contributed by atoms with E-state index in [0.717, 1.165) is 10.6 Å². The summed E-state index contributed by atoms with van der Waals surface area (Å²) < 4.78 is 18.2. The van der Waals surface area contributed by atoms with Crippen LogP contribution in [0.5, 0.6) is 5.75 Å². The SMILES string of the molecule is O=C(CCOc1ccc(F)cc1)Nc1nnc(-c2ccccc2)s1. The number of aromatic nitrogens is 2. The van der Waals surface area contributed by atoms with Crippen molar-refractivity contribution < 1.29 is 13.9 Å². The highest BCUT2D eigenvalue weighted by atomic mass is 32.1. The fourth-order valence-electron chi connectivity index (χ4n) is 1.95. The number of rotatable bonds is 6. The van der Waals surface area contributed by atoms with Gasteiger partial charge in [-0.15, -0.1) is 10.2 Å². The van der Waals surface area contributed by atoms with Crippen molar-refractivity contribution in [2.24, 2.45) is 0 Å². The van der Waals surface area contributed by atoms with E-state index in [-0.39, 0.29) is 24.8 Å². The molecular weight excluding hydrogens is 329 g/mol. The molecule has 0 aliphatic rings. The van der Waals surface area contributed by atoms with Crippen molar-refractivity contribution >= 4 is 22.4 Å². The predicted molar refractivity (Wildman–Crippen MR) is 90.5 cm³/mol. The summed E-state index contributed by atoms with van der Waals surface area (Å²) in [6, 6.07) is 15.3. The molecule has 0 radical (unpaired) electrons. The summed E-state index contributed by atoms with van der Waals surface area (Å²) in [5.74, 6) is -0.0232. The van der Waals surface area contributed by atoms with Crippen LogP contribution in [-0.2, 0) is 4.79 Å². The number of ether oxygens (including phenoxy) is 1. The number of carbonyl (C=O) groups is 1. The van der Waals surface area contributed by atoms with Crippen molar-refractivity contribution in [3.63, 3.8) is 0 Å². The lowest BCUT2D eigenvalue weighted by molar-refractivity contribution is -0.116. The van der Waals surface area contributed by atoms with Gasteiger partial charge >= 0.3 is 0 Å². The lowest BCUT2D eigenvalue weighted by Gasteiger charge is -2.05. The Labute approximate surface area is 142 Å². The van der Waals surface area contributed by atoms with Crippen molar-refractivity contribution in [1.29, 1.82) is 0 Å². The van der Waals surface area contributed by atoms with E-state index < -0.39 is 0 Å². The minimum absolute atomic E-state index is 0.164. The average molecular weight is 343 g/mol. The maximum Gasteiger partial charge on any atom is 0.229 e. The van der Waals surface area contributed by atoms with Crippen LogP contribution in [-0.4, -0.2) is 22.7 Å². The number of hydrogen-bond donors (Lipinski definition) is 1. The van der Waals surface area contributed by atoms with Gasteiger partial charge in [0.05, 0.1) is 13.0 Å². The third-order valence-corrected chi connectivity index (χ3v) is 3.99. The summed E-state index contributed by atoms with van der Waals surface area (Å²) in [6.07, 6.45) is 0.164. The Kier molecular flexibility index (Phi) is 5.12. The molecule has 0 spiro atoms. The number of nitrogens with one attached hydrogen (secondary N) is 1. The van der Waals surface area contributed by atoms with Gasteiger partial charge in [-0.05, 0) is 24.3 Å². The minimum atomic E-state index is -0.328. The van der Waals surface area contributed by atoms with Gasteiger partial charge in [0.15, 0.2) is 0 Å². The van der Waals surface area contributed by atoms with Gasteiger partial charge in [-0.25, -0.2) is 4.39 Å². The molecule has 0 saturated heterocycles. The molecular formula is C17H14FN3O2S. The van der Waals surface area contributed by atoms with Crippen LogP contribution in [0.25, 0.3) is 10.6 Å². The molecule has 0 unspecified atom stereocenters. The van der Waals surface area contributed by atoms with E-state index in [1.807, 2.05) is 30.3 Å². The largest absolute Gasteiger partial charge is 0.493 e. The van der Waals surface area contributed by atoms with E-state index in [0.29, 0.717) is 10.9 Å². The first-order chi connectivity index (χ1) is 11.7. The molecule has 3 rings (SSSR count). The third kappa shape index (κ3) is 4.36. The first-order valence-corrected chi connectivity index (χ1v) is 8.09. The Morgan fingerprint density at radius 2 is 1.83 bits per heavy atom. The van der Waals surface area contributed by atoms with Crippen LogP contribution in [0, 0.1) is 5.82 Å². The number of amides is 1. The van der Waals surface area contributed by atoms with Gasteiger partial charge in [-0.3, -0.25) is 4.79 Å². The van der Waals surface area contributed by atoms with Crippen LogP contribution in [0.2, 0.25) is 0 Å². The van der Waals surface area contributed by atoms with Crippen molar-refractivity contribution in [1.82, 2.24) is 10.2 Å². The maximum atomic E-state index is 12.8. The highest BCUT2D eigenvalue weighted by Gasteiger charge is 2.09. The number of anilines is 1. The van der Waals surface area contributed by atoms with E-state index in [4.69, 9.17) is 4.74 Å². The molecule has 24 heavy (non-hydrogen) atoms. The molecule has 1 aromatic heterocycles. The number of benzene rings is 2. The van der Waals surface area contributed by atoms with Gasteiger partial charge in [-0.2, -0.15) is 0 Å². The predicted octanol–water partition coefficient (Wildman–Crippen LogP) is 3.75. The van der Waals surface area contributed by atoms with E-state index in [1.165, 1.54) is 35.6 Å². The Hall–Kier alpha value is -2.80. The summed E-state index contributed by atoms with van der Waals surface area (Å²) >= 11 is 1.31. The molecule has 0 fully saturated rings. The summed E-state index contributed by atoms with van der Waals surface area (Å²) in [5.41, 5.74) is 0.954. The number of halogens is 1. The first-order valence-electron chi connectivity index (χ1n) is 7.28. The molecule has 1 N–H and O–H groups in total. The topological polar surface area (TPSA) is 64.1 Å². The second-order valence-electron chi connectivity index (χ2n) is 4.88. The number of nitrogens with zero attached hydrogens (tertiary/aromatic N) is 2. The lowest BCUT2D eigenvalue weighted by Crippen LogP contribution is -2.15. The van der Waals surface area contributed by atoms with E-state index in [9.17, 15) is 9.18 Å². The molecule has 1 heterocycles. The van der Waals surface area contributed by atoms with Gasteiger partial charge in [0.25, 0.3) is 0 Å². The second-order valence-corrected chi connectivity index (χ2v) is 5.86. The van der Waals surface area contributed by atoms with E-state index >= 15 is 0 Å². The number of hydrogen-bond acceptors (Lipinski definition) is 5. The van der Waals surface area contributed by atoms with Crippen molar-refractivity contribution in [2.75, 3.05) is 11.9 Å². The monoisotopic (exact) mass is 343 g/mol. The van der Waals surface area contributed by atoms with Gasteiger partial charge in [0.2, 0.25) is 11.0 Å². The molecule has 0 saturated carbocycles. The quantitative estimate of drug-likeness (QED) is 0.740. The van der Waals surface area contributed by atoms with Gasteiger partial charge < -0.3 is 10.1 Å². The Morgan fingerprint density at radius 3 is 2.58 bits per heavy atom. The first kappa shape index (κ1) is 16.1. The molecule has 0 aliphatic heterocycles. The third-order valence-electron chi connectivity index (χ3n) is 3.10. The average Bonchev–Trinajstić information content (AvgIpc) is 3.06. The molecule has 0 bridgehead atoms. The minimum Gasteiger partial charge on any atom is -0.493 e. The molecule has 3 aromatic rings. The molecule has 7 heteroatoms. The Bertz CT molecular complexity index is 806. The fourth-order valence-corrected chi connectivity index (χ4v) is 2.71. The highest BCUT2D eigenvalue weighted by Crippen LogP contribution is 2.25. The highest BCUT2D eigenvalue weighted by molar-refractivity contribution is 7.18. The van der Waals surface area contributed by atoms with Crippen molar-refractivity contribution in [3.05, 3.63) is 60.4 Å².